The van der Waals surface area contributed by atoms with Crippen molar-refractivity contribution in [3.8, 4) is 0 Å². The van der Waals surface area contributed by atoms with E-state index in [0.29, 0.717) is 42.9 Å². The lowest BCUT2D eigenvalue weighted by Crippen LogP contribution is -2.45. The van der Waals surface area contributed by atoms with Gasteiger partial charge in [-0.25, -0.2) is 9.69 Å². The Hall–Kier alpha value is -2.77. The summed E-state index contributed by atoms with van der Waals surface area (Å²) in [5.74, 6) is -0.618. The summed E-state index contributed by atoms with van der Waals surface area (Å²) in [6.07, 6.45) is -2.29. The van der Waals surface area contributed by atoms with Gasteiger partial charge in [-0.05, 0) is 34.0 Å². The van der Waals surface area contributed by atoms with E-state index in [2.05, 4.69) is 15.9 Å². The van der Waals surface area contributed by atoms with Crippen LogP contribution in [0.2, 0.25) is 0 Å². The maximum Gasteiger partial charge on any atom is 0.417 e. The largest absolute Gasteiger partial charge is 0.461 e. The van der Waals surface area contributed by atoms with Crippen LogP contribution < -0.4 is 0 Å². The first kappa shape index (κ1) is 29.8. The molecule has 0 spiro atoms. The molecule has 1 aliphatic rings. The SMILES string of the molecule is CO[C@H](C(=O)N1C(=O)OC[C@@H]1c1ccccc1)[C@H](OC(C)=O)c1cc(Br)c(CCCOCCOCCO)o1. The van der Waals surface area contributed by atoms with Crippen LogP contribution in [-0.2, 0) is 39.7 Å². The highest BCUT2D eigenvalue weighted by atomic mass is 79.9. The van der Waals surface area contributed by atoms with Gasteiger partial charge in [0, 0.05) is 27.1 Å². The van der Waals surface area contributed by atoms with Crippen LogP contribution in [0.15, 0.2) is 45.3 Å². The van der Waals surface area contributed by atoms with Crippen molar-refractivity contribution in [3.63, 3.8) is 0 Å². The second-order valence-corrected chi connectivity index (χ2v) is 9.22. The van der Waals surface area contributed by atoms with Gasteiger partial charge in [-0.1, -0.05) is 30.3 Å². The Balaban J connectivity index is 1.73. The number of furan rings is 1. The molecule has 208 valence electrons. The van der Waals surface area contributed by atoms with Gasteiger partial charge < -0.3 is 33.2 Å². The predicted octanol–water partition coefficient (Wildman–Crippen LogP) is 3.34. The van der Waals surface area contributed by atoms with E-state index in [-0.39, 0.29) is 25.6 Å². The van der Waals surface area contributed by atoms with Gasteiger partial charge in [0.25, 0.3) is 5.91 Å². The maximum atomic E-state index is 13.6. The number of hydrogen-bond acceptors (Lipinski definition) is 10. The number of benzene rings is 1. The van der Waals surface area contributed by atoms with E-state index in [1.165, 1.54) is 14.0 Å². The number of cyclic esters (lactones) is 1. The zero-order chi connectivity index (χ0) is 27.5. The Bertz CT molecular complexity index is 1060. The summed E-state index contributed by atoms with van der Waals surface area (Å²) < 4.78 is 33.4. The molecule has 0 saturated carbocycles. The molecule has 2 aromatic rings. The van der Waals surface area contributed by atoms with Crippen LogP contribution in [0.3, 0.4) is 0 Å². The molecule has 1 N–H and O–H groups in total. The Morgan fingerprint density at radius 3 is 2.53 bits per heavy atom. The van der Waals surface area contributed by atoms with Gasteiger partial charge in [-0.15, -0.1) is 0 Å². The summed E-state index contributed by atoms with van der Waals surface area (Å²) in [4.78, 5) is 39.1. The quantitative estimate of drug-likeness (QED) is 0.240. The second kappa shape index (κ2) is 15.0. The molecular weight excluding hydrogens is 566 g/mol. The van der Waals surface area contributed by atoms with Crippen LogP contribution in [0.4, 0.5) is 4.79 Å². The first-order valence-electron chi connectivity index (χ1n) is 12.2. The molecule has 11 nitrogen and oxygen atoms in total. The molecule has 38 heavy (non-hydrogen) atoms. The fraction of sp³-hybridized carbons (Fsp3) is 0.500. The molecule has 12 heteroatoms. The summed E-state index contributed by atoms with van der Waals surface area (Å²) in [5, 5.41) is 8.70. The van der Waals surface area contributed by atoms with Crippen molar-refractivity contribution >= 4 is 33.9 Å². The molecule has 1 fully saturated rings. The van der Waals surface area contributed by atoms with Crippen LogP contribution in [0.5, 0.6) is 0 Å². The summed E-state index contributed by atoms with van der Waals surface area (Å²) in [7, 11) is 1.29. The number of aliphatic hydroxyl groups excluding tert-OH is 1. The van der Waals surface area contributed by atoms with Gasteiger partial charge in [0.05, 0.1) is 30.9 Å². The first-order valence-corrected chi connectivity index (χ1v) is 13.0. The Labute approximate surface area is 229 Å². The van der Waals surface area contributed by atoms with Crippen LogP contribution in [0.1, 0.15) is 42.6 Å². The van der Waals surface area contributed by atoms with Crippen LogP contribution in [0.25, 0.3) is 0 Å². The van der Waals surface area contributed by atoms with Crippen molar-refractivity contribution in [2.24, 2.45) is 0 Å². The molecule has 3 atom stereocenters. The van der Waals surface area contributed by atoms with Crippen LogP contribution in [-0.4, -0.2) is 80.8 Å². The van der Waals surface area contributed by atoms with E-state index in [1.807, 2.05) is 6.07 Å². The monoisotopic (exact) mass is 597 g/mol. The number of methoxy groups -OCH3 is 1. The molecule has 0 unspecified atom stereocenters. The third kappa shape index (κ3) is 7.87. The van der Waals surface area contributed by atoms with E-state index < -0.39 is 36.2 Å². The average molecular weight is 598 g/mol. The molecular formula is C26H32BrNO10. The first-order chi connectivity index (χ1) is 18.4. The number of carbonyl (C=O) groups excluding carboxylic acids is 3. The van der Waals surface area contributed by atoms with E-state index >= 15 is 0 Å². The third-order valence-corrected chi connectivity index (χ3v) is 6.39. The van der Waals surface area contributed by atoms with E-state index in [0.717, 1.165) is 10.5 Å². The summed E-state index contributed by atoms with van der Waals surface area (Å²) in [6, 6.07) is 9.97. The van der Waals surface area contributed by atoms with Crippen molar-refractivity contribution in [1.29, 1.82) is 0 Å². The van der Waals surface area contributed by atoms with Crippen LogP contribution in [0, 0.1) is 0 Å². The number of ether oxygens (including phenoxy) is 5. The minimum atomic E-state index is -1.37. The van der Waals surface area contributed by atoms with E-state index in [1.54, 1.807) is 30.3 Å². The highest BCUT2D eigenvalue weighted by Crippen LogP contribution is 2.35. The molecule has 1 aliphatic heterocycles. The van der Waals surface area contributed by atoms with Crippen LogP contribution >= 0.6 is 15.9 Å². The highest BCUT2D eigenvalue weighted by Gasteiger charge is 2.46. The number of esters is 1. The number of carbonyl (C=O) groups is 3. The lowest BCUT2D eigenvalue weighted by atomic mass is 10.0. The molecule has 3 rings (SSSR count). The van der Waals surface area contributed by atoms with Crippen molar-refractivity contribution in [3.05, 3.63) is 58.0 Å². The standard InChI is InChI=1S/C26H32BrNO10/c1-17(30)37-23(22-15-19(27)21(38-22)9-6-11-34-13-14-35-12-10-29)24(33-2)25(31)28-20(16-36-26(28)32)18-7-4-3-5-8-18/h3-5,7-8,15,20,23-24,29H,6,9-14,16H2,1-2H3/t20-,23-,24+/m1/s1. The fourth-order valence-electron chi connectivity index (χ4n) is 3.98. The smallest absolute Gasteiger partial charge is 0.417 e. The molecule has 2 heterocycles. The molecule has 2 amide bonds. The lowest BCUT2D eigenvalue weighted by Gasteiger charge is -2.28. The van der Waals surface area contributed by atoms with Crippen molar-refractivity contribution in [2.75, 3.05) is 46.8 Å². The van der Waals surface area contributed by atoms with Gasteiger partial charge in [-0.2, -0.15) is 0 Å². The predicted molar refractivity (Wildman–Crippen MR) is 136 cm³/mol. The number of imide groups is 1. The zero-order valence-corrected chi connectivity index (χ0v) is 22.9. The van der Waals surface area contributed by atoms with E-state index in [9.17, 15) is 14.4 Å². The maximum absolute atomic E-state index is 13.6. The molecule has 0 bridgehead atoms. The third-order valence-electron chi connectivity index (χ3n) is 5.72. The number of halogens is 1. The van der Waals surface area contributed by atoms with Gasteiger partial charge in [0.15, 0.2) is 12.2 Å². The number of rotatable bonds is 15. The second-order valence-electron chi connectivity index (χ2n) is 8.37. The molecule has 0 aliphatic carbocycles. The molecule has 0 radical (unpaired) electrons. The average Bonchev–Trinajstić information content (AvgIpc) is 3.47. The number of nitrogens with zero attached hydrogens (tertiary/aromatic N) is 1. The summed E-state index contributed by atoms with van der Waals surface area (Å²) >= 11 is 3.46. The lowest BCUT2D eigenvalue weighted by molar-refractivity contribution is -0.164. The molecule has 1 aromatic heterocycles. The van der Waals surface area contributed by atoms with Crippen molar-refractivity contribution < 1.29 is 47.6 Å². The molecule has 1 saturated heterocycles. The molecule has 1 aromatic carbocycles. The van der Waals surface area contributed by atoms with Crippen molar-refractivity contribution in [2.45, 2.75) is 38.0 Å². The normalized spacial score (nSPS) is 16.8. The number of amides is 2. The highest BCUT2D eigenvalue weighted by molar-refractivity contribution is 9.10. The fourth-order valence-corrected chi connectivity index (χ4v) is 4.49. The van der Waals surface area contributed by atoms with Gasteiger partial charge >= 0.3 is 12.1 Å². The van der Waals surface area contributed by atoms with Gasteiger partial charge in [0.2, 0.25) is 0 Å². The van der Waals surface area contributed by atoms with E-state index in [4.69, 9.17) is 33.2 Å². The number of aryl methyl sites for hydroxylation is 1. The summed E-state index contributed by atoms with van der Waals surface area (Å²) in [6.45, 7) is 2.69. The van der Waals surface area contributed by atoms with Gasteiger partial charge in [-0.3, -0.25) is 9.59 Å². The van der Waals surface area contributed by atoms with Gasteiger partial charge in [0.1, 0.15) is 24.2 Å². The van der Waals surface area contributed by atoms with Crippen molar-refractivity contribution in [1.82, 2.24) is 4.90 Å². The zero-order valence-electron chi connectivity index (χ0n) is 21.3. The Morgan fingerprint density at radius 1 is 1.16 bits per heavy atom. The minimum Gasteiger partial charge on any atom is -0.461 e. The number of aliphatic hydroxyl groups is 1. The minimum absolute atomic E-state index is 0.00463. The Kier molecular flexibility index (Phi) is 11.7. The number of hydrogen-bond donors (Lipinski definition) is 1. The Morgan fingerprint density at radius 2 is 1.87 bits per heavy atom. The topological polar surface area (TPSA) is 134 Å². The summed E-state index contributed by atoms with van der Waals surface area (Å²) in [5.41, 5.74) is 0.718.